The van der Waals surface area contributed by atoms with E-state index in [1.54, 1.807) is 0 Å². The third kappa shape index (κ3) is 10.1. The zero-order valence-electron chi connectivity index (χ0n) is 17.6. The average molecular weight is 429 g/mol. The van der Waals surface area contributed by atoms with Crippen molar-refractivity contribution >= 4 is 35.3 Å². The Morgan fingerprint density at radius 3 is 1.93 bits per heavy atom. The number of carbonyl (C=O) groups is 6. The highest BCUT2D eigenvalue weighted by atomic mass is 16.4. The molecule has 0 aromatic heterocycles. The number of ketones is 2. The van der Waals surface area contributed by atoms with E-state index < -0.39 is 65.9 Å². The number of amides is 3. The average Bonchev–Trinajstić information content (AvgIpc) is 2.61. The number of Topliss-reactive ketones (excluding diaryl/α,β-unsaturated/α-hetero) is 2. The number of carbonyl (C=O) groups excluding carboxylic acids is 5. The molecule has 170 valence electrons. The first kappa shape index (κ1) is 27.2. The summed E-state index contributed by atoms with van der Waals surface area (Å²) in [6, 6.07) is -2.15. The Morgan fingerprint density at radius 1 is 0.933 bits per heavy atom. The van der Waals surface area contributed by atoms with Crippen LogP contribution in [0.1, 0.15) is 53.4 Å². The van der Waals surface area contributed by atoms with Crippen molar-refractivity contribution in [3.8, 4) is 0 Å². The molecule has 0 aliphatic heterocycles. The van der Waals surface area contributed by atoms with Gasteiger partial charge >= 0.3 is 5.97 Å². The van der Waals surface area contributed by atoms with E-state index in [1.807, 2.05) is 0 Å². The van der Waals surface area contributed by atoms with E-state index in [9.17, 15) is 33.9 Å². The maximum atomic E-state index is 12.6. The predicted molar refractivity (Wildman–Crippen MR) is 105 cm³/mol. The summed E-state index contributed by atoms with van der Waals surface area (Å²) in [4.78, 5) is 70.5. The third-order valence-electron chi connectivity index (χ3n) is 4.52. The van der Waals surface area contributed by atoms with E-state index in [2.05, 4.69) is 10.6 Å². The van der Waals surface area contributed by atoms with Crippen LogP contribution in [-0.2, 0) is 28.8 Å². The molecule has 0 rings (SSSR count). The number of hydrogen-bond acceptors (Lipinski definition) is 7. The van der Waals surface area contributed by atoms with Crippen LogP contribution in [0.25, 0.3) is 0 Å². The van der Waals surface area contributed by atoms with Gasteiger partial charge in [-0.2, -0.15) is 0 Å². The van der Waals surface area contributed by atoms with Crippen LogP contribution in [0.3, 0.4) is 0 Å². The van der Waals surface area contributed by atoms with Gasteiger partial charge in [-0.3, -0.25) is 24.0 Å². The molecular formula is C19H31N3O8. The highest BCUT2D eigenvalue weighted by molar-refractivity contribution is 5.95. The van der Waals surface area contributed by atoms with E-state index in [0.29, 0.717) is 0 Å². The first-order valence-electron chi connectivity index (χ1n) is 9.58. The molecule has 11 heteroatoms. The highest BCUT2D eigenvalue weighted by Gasteiger charge is 2.31. The van der Waals surface area contributed by atoms with E-state index in [0.717, 1.165) is 0 Å². The molecule has 5 unspecified atom stereocenters. The maximum Gasteiger partial charge on any atom is 0.303 e. The van der Waals surface area contributed by atoms with E-state index in [4.69, 9.17) is 10.8 Å². The summed E-state index contributed by atoms with van der Waals surface area (Å²) in [6.45, 7) is 5.40. The molecular weight excluding hydrogens is 398 g/mol. The molecule has 11 nitrogen and oxygen atoms in total. The SMILES string of the molecule is CC(=O)CC(C(=O)NC(CCC(=O)O)C(=O)CC(C)C(=O)NC(C)C(N)=O)C(C)O. The van der Waals surface area contributed by atoms with Crippen molar-refractivity contribution in [2.45, 2.75) is 71.6 Å². The number of primary amides is 1. The molecule has 0 aromatic carbocycles. The van der Waals surface area contributed by atoms with Crippen LogP contribution in [0.4, 0.5) is 0 Å². The number of aliphatic carboxylic acids is 1. The second-order valence-corrected chi connectivity index (χ2v) is 7.45. The molecule has 0 radical (unpaired) electrons. The first-order valence-corrected chi connectivity index (χ1v) is 9.58. The smallest absolute Gasteiger partial charge is 0.303 e. The van der Waals surface area contributed by atoms with Crippen molar-refractivity contribution in [1.82, 2.24) is 10.6 Å². The summed E-state index contributed by atoms with van der Waals surface area (Å²) >= 11 is 0. The van der Waals surface area contributed by atoms with Crippen molar-refractivity contribution in [2.75, 3.05) is 0 Å². The number of hydrogen-bond donors (Lipinski definition) is 5. The Morgan fingerprint density at radius 2 is 1.50 bits per heavy atom. The number of aliphatic hydroxyl groups is 1. The van der Waals surface area contributed by atoms with Crippen LogP contribution >= 0.6 is 0 Å². The number of carboxylic acids is 1. The van der Waals surface area contributed by atoms with Crippen molar-refractivity contribution in [1.29, 1.82) is 0 Å². The molecule has 0 heterocycles. The summed E-state index contributed by atoms with van der Waals surface area (Å²) < 4.78 is 0. The lowest BCUT2D eigenvalue weighted by Gasteiger charge is -2.24. The second kappa shape index (κ2) is 12.7. The van der Waals surface area contributed by atoms with Gasteiger partial charge in [-0.1, -0.05) is 6.92 Å². The topological polar surface area (TPSA) is 193 Å². The first-order chi connectivity index (χ1) is 13.8. The Kier molecular flexibility index (Phi) is 11.5. The molecule has 0 fully saturated rings. The van der Waals surface area contributed by atoms with Gasteiger partial charge in [0.2, 0.25) is 17.7 Å². The van der Waals surface area contributed by atoms with Crippen LogP contribution in [-0.4, -0.2) is 63.7 Å². The molecule has 30 heavy (non-hydrogen) atoms. The fourth-order valence-electron chi connectivity index (χ4n) is 2.62. The Hall–Kier alpha value is -2.82. The molecule has 0 saturated carbocycles. The molecule has 0 aromatic rings. The van der Waals surface area contributed by atoms with Gasteiger partial charge in [0, 0.05) is 25.2 Å². The number of carboxylic acid groups (broad SMARTS) is 1. The normalized spacial score (nSPS) is 15.8. The van der Waals surface area contributed by atoms with Gasteiger partial charge in [0.1, 0.15) is 11.8 Å². The molecule has 6 N–H and O–H groups in total. The van der Waals surface area contributed by atoms with Gasteiger partial charge in [0.25, 0.3) is 0 Å². The van der Waals surface area contributed by atoms with E-state index in [1.165, 1.54) is 27.7 Å². The van der Waals surface area contributed by atoms with Crippen molar-refractivity contribution in [3.63, 3.8) is 0 Å². The quantitative estimate of drug-likeness (QED) is 0.229. The van der Waals surface area contributed by atoms with Gasteiger partial charge in [0.15, 0.2) is 5.78 Å². The lowest BCUT2D eigenvalue weighted by molar-refractivity contribution is -0.139. The Balaban J connectivity index is 5.25. The second-order valence-electron chi connectivity index (χ2n) is 7.45. The van der Waals surface area contributed by atoms with Crippen LogP contribution in [0, 0.1) is 11.8 Å². The number of rotatable bonds is 14. The lowest BCUT2D eigenvalue weighted by Crippen LogP contribution is -2.48. The van der Waals surface area contributed by atoms with Crippen LogP contribution in [0.5, 0.6) is 0 Å². The Labute approximate surface area is 174 Å². The van der Waals surface area contributed by atoms with Gasteiger partial charge in [0.05, 0.1) is 18.1 Å². The van der Waals surface area contributed by atoms with Gasteiger partial charge in [-0.25, -0.2) is 0 Å². The van der Waals surface area contributed by atoms with Crippen LogP contribution in [0.2, 0.25) is 0 Å². The number of nitrogens with two attached hydrogens (primary N) is 1. The standard InChI is InChI=1S/C19H31N3O8/c1-9(18(29)21-11(3)17(20)28)7-15(25)14(5-6-16(26)27)22-19(30)13(12(4)24)8-10(2)23/h9,11-14,24H,5-8H2,1-4H3,(H2,20,28)(H,21,29)(H,22,30)(H,26,27). The van der Waals surface area contributed by atoms with E-state index in [-0.39, 0.29) is 25.0 Å². The monoisotopic (exact) mass is 429 g/mol. The van der Waals surface area contributed by atoms with Crippen molar-refractivity contribution in [3.05, 3.63) is 0 Å². The van der Waals surface area contributed by atoms with Crippen molar-refractivity contribution in [2.24, 2.45) is 17.6 Å². The van der Waals surface area contributed by atoms with Gasteiger partial charge in [-0.15, -0.1) is 0 Å². The molecule has 0 bridgehead atoms. The summed E-state index contributed by atoms with van der Waals surface area (Å²) in [5.41, 5.74) is 5.08. The maximum absolute atomic E-state index is 12.6. The van der Waals surface area contributed by atoms with Crippen LogP contribution in [0.15, 0.2) is 0 Å². The highest BCUT2D eigenvalue weighted by Crippen LogP contribution is 2.14. The van der Waals surface area contributed by atoms with Gasteiger partial charge in [-0.05, 0) is 27.2 Å². The van der Waals surface area contributed by atoms with E-state index >= 15 is 0 Å². The number of aliphatic hydroxyl groups excluding tert-OH is 1. The minimum atomic E-state index is -1.22. The Bertz CT molecular complexity index is 677. The number of nitrogens with one attached hydrogen (secondary N) is 2. The lowest BCUT2D eigenvalue weighted by atomic mass is 9.93. The third-order valence-corrected chi connectivity index (χ3v) is 4.52. The molecule has 5 atom stereocenters. The minimum absolute atomic E-state index is 0.224. The summed E-state index contributed by atoms with van der Waals surface area (Å²) in [6.07, 6.45) is -2.37. The zero-order chi connectivity index (χ0) is 23.6. The molecule has 0 saturated heterocycles. The fourth-order valence-corrected chi connectivity index (χ4v) is 2.62. The summed E-state index contributed by atoms with van der Waals surface area (Å²) in [5.74, 6) is -6.18. The zero-order valence-corrected chi connectivity index (χ0v) is 17.6. The largest absolute Gasteiger partial charge is 0.481 e. The molecule has 3 amide bonds. The fraction of sp³-hybridized carbons (Fsp3) is 0.684. The van der Waals surface area contributed by atoms with Crippen LogP contribution < -0.4 is 16.4 Å². The predicted octanol–water partition coefficient (Wildman–Crippen LogP) is -1.10. The summed E-state index contributed by atoms with van der Waals surface area (Å²) in [5, 5.41) is 23.4. The van der Waals surface area contributed by atoms with Crippen molar-refractivity contribution < 1.29 is 39.0 Å². The molecule has 0 spiro atoms. The molecule has 0 aliphatic rings. The minimum Gasteiger partial charge on any atom is -0.481 e. The van der Waals surface area contributed by atoms with Gasteiger partial charge < -0.3 is 31.4 Å². The summed E-state index contributed by atoms with van der Waals surface area (Å²) in [7, 11) is 0. The molecule has 0 aliphatic carbocycles.